The van der Waals surface area contributed by atoms with Crippen molar-refractivity contribution in [3.8, 4) is 5.75 Å². The molecule has 4 heteroatoms. The molecule has 2 aromatic rings. The minimum atomic E-state index is 0.211. The van der Waals surface area contributed by atoms with Gasteiger partial charge in [-0.2, -0.15) is 0 Å². The maximum atomic E-state index is 5.32. The molecule has 0 saturated heterocycles. The Bertz CT molecular complexity index is 553. The van der Waals surface area contributed by atoms with E-state index in [2.05, 4.69) is 53.3 Å². The van der Waals surface area contributed by atoms with Crippen molar-refractivity contribution >= 4 is 27.3 Å². The van der Waals surface area contributed by atoms with E-state index in [0.29, 0.717) is 0 Å². The first kappa shape index (κ1) is 14.6. The number of halogens is 1. The highest BCUT2D eigenvalue weighted by molar-refractivity contribution is 9.11. The Kier molecular flexibility index (Phi) is 5.02. The summed E-state index contributed by atoms with van der Waals surface area (Å²) in [6, 6.07) is 10.7. The Hall–Kier alpha value is -0.840. The van der Waals surface area contributed by atoms with Crippen molar-refractivity contribution in [3.05, 3.63) is 50.1 Å². The van der Waals surface area contributed by atoms with E-state index in [-0.39, 0.29) is 6.04 Å². The van der Waals surface area contributed by atoms with Crippen molar-refractivity contribution in [2.75, 3.05) is 13.7 Å². The van der Waals surface area contributed by atoms with Crippen LogP contribution in [0.3, 0.4) is 0 Å². The van der Waals surface area contributed by atoms with Crippen molar-refractivity contribution in [2.24, 2.45) is 0 Å². The van der Waals surface area contributed by atoms with Crippen molar-refractivity contribution in [2.45, 2.75) is 19.9 Å². The molecule has 0 fully saturated rings. The average Bonchev–Trinajstić information content (AvgIpc) is 2.75. The molecule has 0 spiro atoms. The van der Waals surface area contributed by atoms with Gasteiger partial charge < -0.3 is 10.1 Å². The van der Waals surface area contributed by atoms with Gasteiger partial charge in [0, 0.05) is 4.88 Å². The molecule has 0 amide bonds. The Labute approximate surface area is 126 Å². The molecule has 0 saturated carbocycles. The Morgan fingerprint density at radius 1 is 1.37 bits per heavy atom. The first-order chi connectivity index (χ1) is 9.15. The summed E-state index contributed by atoms with van der Waals surface area (Å²) in [7, 11) is 1.70. The average molecular weight is 340 g/mol. The maximum Gasteiger partial charge on any atom is 0.119 e. The highest BCUT2D eigenvalue weighted by Gasteiger charge is 2.17. The van der Waals surface area contributed by atoms with Gasteiger partial charge in [-0.05, 0) is 58.7 Å². The standard InChI is InChI=1S/C15H18BrNOS/c1-4-17-15(13-9-14(16)19-10(13)2)11-6-5-7-12(8-11)18-3/h5-9,15,17H,4H2,1-3H3. The Morgan fingerprint density at radius 2 is 2.16 bits per heavy atom. The predicted molar refractivity (Wildman–Crippen MR) is 85.3 cm³/mol. The maximum absolute atomic E-state index is 5.32. The number of benzene rings is 1. The van der Waals surface area contributed by atoms with Gasteiger partial charge in [0.1, 0.15) is 5.75 Å². The van der Waals surface area contributed by atoms with Crippen LogP contribution in [0.25, 0.3) is 0 Å². The molecule has 1 heterocycles. The van der Waals surface area contributed by atoms with E-state index in [4.69, 9.17) is 4.74 Å². The third-order valence-corrected chi connectivity index (χ3v) is 4.64. The van der Waals surface area contributed by atoms with Crippen LogP contribution in [-0.4, -0.2) is 13.7 Å². The minimum Gasteiger partial charge on any atom is -0.497 e. The quantitative estimate of drug-likeness (QED) is 0.864. The zero-order valence-corrected chi connectivity index (χ0v) is 13.8. The van der Waals surface area contributed by atoms with Crippen LogP contribution in [0.4, 0.5) is 0 Å². The van der Waals surface area contributed by atoms with Crippen LogP contribution in [-0.2, 0) is 0 Å². The third-order valence-electron chi connectivity index (χ3n) is 3.07. The molecule has 2 rings (SSSR count). The number of nitrogens with one attached hydrogen (secondary N) is 1. The SMILES string of the molecule is CCNC(c1cccc(OC)c1)c1cc(Br)sc1C. The summed E-state index contributed by atoms with van der Waals surface area (Å²) in [5.41, 5.74) is 2.56. The monoisotopic (exact) mass is 339 g/mol. The fourth-order valence-electron chi connectivity index (χ4n) is 2.18. The zero-order valence-electron chi connectivity index (χ0n) is 11.4. The molecule has 2 nitrogen and oxygen atoms in total. The predicted octanol–water partition coefficient (Wildman–Crippen LogP) is 4.53. The van der Waals surface area contributed by atoms with E-state index >= 15 is 0 Å². The summed E-state index contributed by atoms with van der Waals surface area (Å²) in [6.07, 6.45) is 0. The second-order valence-electron chi connectivity index (χ2n) is 4.33. The second kappa shape index (κ2) is 6.55. The van der Waals surface area contributed by atoms with E-state index < -0.39 is 0 Å². The van der Waals surface area contributed by atoms with Gasteiger partial charge in [0.15, 0.2) is 0 Å². The van der Waals surface area contributed by atoms with Crippen LogP contribution in [0.5, 0.6) is 5.75 Å². The summed E-state index contributed by atoms with van der Waals surface area (Å²) in [5.74, 6) is 0.896. The van der Waals surface area contributed by atoms with Gasteiger partial charge in [-0.3, -0.25) is 0 Å². The van der Waals surface area contributed by atoms with Gasteiger partial charge in [0.25, 0.3) is 0 Å². The molecule has 0 aliphatic heterocycles. The lowest BCUT2D eigenvalue weighted by Crippen LogP contribution is -2.22. The third kappa shape index (κ3) is 3.38. The summed E-state index contributed by atoms with van der Waals surface area (Å²) in [4.78, 5) is 1.33. The molecule has 1 aromatic heterocycles. The van der Waals surface area contributed by atoms with Gasteiger partial charge in [0.2, 0.25) is 0 Å². The van der Waals surface area contributed by atoms with Crippen molar-refractivity contribution in [1.29, 1.82) is 0 Å². The van der Waals surface area contributed by atoms with Crippen molar-refractivity contribution in [3.63, 3.8) is 0 Å². The summed E-state index contributed by atoms with van der Waals surface area (Å²) in [5, 5.41) is 3.55. The molecule has 1 unspecified atom stereocenters. The van der Waals surface area contributed by atoms with Crippen molar-refractivity contribution < 1.29 is 4.74 Å². The number of methoxy groups -OCH3 is 1. The number of aryl methyl sites for hydroxylation is 1. The summed E-state index contributed by atoms with van der Waals surface area (Å²) >= 11 is 5.34. The molecule has 0 aliphatic carbocycles. The Balaban J connectivity index is 2.41. The molecule has 1 aromatic carbocycles. The van der Waals surface area contributed by atoms with E-state index in [0.717, 1.165) is 12.3 Å². The highest BCUT2D eigenvalue weighted by atomic mass is 79.9. The van der Waals surface area contributed by atoms with E-state index in [9.17, 15) is 0 Å². The van der Waals surface area contributed by atoms with Crippen LogP contribution in [0.2, 0.25) is 0 Å². The lowest BCUT2D eigenvalue weighted by Gasteiger charge is -2.19. The number of rotatable bonds is 5. The second-order valence-corrected chi connectivity index (χ2v) is 6.96. The van der Waals surface area contributed by atoms with Gasteiger partial charge in [0.05, 0.1) is 16.9 Å². The van der Waals surface area contributed by atoms with Gasteiger partial charge in [-0.25, -0.2) is 0 Å². The molecule has 0 radical (unpaired) electrons. The molecule has 102 valence electrons. The smallest absolute Gasteiger partial charge is 0.119 e. The van der Waals surface area contributed by atoms with Crippen LogP contribution >= 0.6 is 27.3 Å². The topological polar surface area (TPSA) is 21.3 Å². The minimum absolute atomic E-state index is 0.211. The number of hydrogen-bond acceptors (Lipinski definition) is 3. The highest BCUT2D eigenvalue weighted by Crippen LogP contribution is 2.34. The Morgan fingerprint density at radius 3 is 2.74 bits per heavy atom. The molecule has 0 aliphatic rings. The fraction of sp³-hybridized carbons (Fsp3) is 0.333. The van der Waals surface area contributed by atoms with Crippen molar-refractivity contribution in [1.82, 2.24) is 5.32 Å². The first-order valence-electron chi connectivity index (χ1n) is 6.29. The lowest BCUT2D eigenvalue weighted by atomic mass is 9.99. The van der Waals surface area contributed by atoms with Crippen LogP contribution < -0.4 is 10.1 Å². The first-order valence-corrected chi connectivity index (χ1v) is 7.89. The number of hydrogen-bond donors (Lipinski definition) is 1. The summed E-state index contributed by atoms with van der Waals surface area (Å²) in [6.45, 7) is 5.22. The van der Waals surface area contributed by atoms with E-state index in [1.54, 1.807) is 18.4 Å². The van der Waals surface area contributed by atoms with Crippen LogP contribution in [0.1, 0.15) is 29.0 Å². The molecule has 19 heavy (non-hydrogen) atoms. The van der Waals surface area contributed by atoms with Crippen LogP contribution in [0, 0.1) is 6.92 Å². The fourth-order valence-corrected chi connectivity index (χ4v) is 3.93. The number of thiophene rings is 1. The van der Waals surface area contributed by atoms with E-state index in [1.165, 1.54) is 19.8 Å². The molecular formula is C15H18BrNOS. The van der Waals surface area contributed by atoms with Gasteiger partial charge >= 0.3 is 0 Å². The number of ether oxygens (including phenoxy) is 1. The van der Waals surface area contributed by atoms with Gasteiger partial charge in [-0.1, -0.05) is 19.1 Å². The molecule has 0 bridgehead atoms. The largest absolute Gasteiger partial charge is 0.497 e. The molecule has 1 atom stereocenters. The zero-order chi connectivity index (χ0) is 13.8. The lowest BCUT2D eigenvalue weighted by molar-refractivity contribution is 0.413. The normalized spacial score (nSPS) is 12.4. The summed E-state index contributed by atoms with van der Waals surface area (Å²) < 4.78 is 6.49. The molecule has 1 N–H and O–H groups in total. The molecular weight excluding hydrogens is 322 g/mol. The van der Waals surface area contributed by atoms with E-state index in [1.807, 2.05) is 12.1 Å². The van der Waals surface area contributed by atoms with Crippen LogP contribution in [0.15, 0.2) is 34.1 Å². The van der Waals surface area contributed by atoms with Gasteiger partial charge in [-0.15, -0.1) is 11.3 Å².